The van der Waals surface area contributed by atoms with Crippen LogP contribution in [0.5, 0.6) is 0 Å². The average molecular weight is 311 g/mol. The standard InChI is InChI=1S/C17H21N5O/c1-10-7-11(2)18-16-15(10)17-19-12(3)8-14(22(17)20-16)21-6-4-5-13(23)9-21/h7-8,13,23H,4-6,9H2,1-3H3/t13-/m0/s1. The Balaban J connectivity index is 1.99. The van der Waals surface area contributed by atoms with Crippen LogP contribution in [0.1, 0.15) is 29.8 Å². The molecule has 0 spiro atoms. The molecule has 3 aromatic rings. The van der Waals surface area contributed by atoms with Crippen LogP contribution in [0.2, 0.25) is 0 Å². The zero-order valence-electron chi connectivity index (χ0n) is 13.7. The Hall–Kier alpha value is -2.21. The van der Waals surface area contributed by atoms with E-state index in [9.17, 15) is 5.11 Å². The molecule has 0 saturated carbocycles. The molecule has 0 aromatic carbocycles. The summed E-state index contributed by atoms with van der Waals surface area (Å²) in [5, 5.41) is 15.7. The number of anilines is 1. The summed E-state index contributed by atoms with van der Waals surface area (Å²) in [5.41, 5.74) is 4.64. The second-order valence-electron chi connectivity index (χ2n) is 6.51. The third kappa shape index (κ3) is 2.34. The Morgan fingerprint density at radius 1 is 1.13 bits per heavy atom. The highest BCUT2D eigenvalue weighted by Crippen LogP contribution is 2.27. The highest BCUT2D eigenvalue weighted by Gasteiger charge is 2.22. The first-order valence-electron chi connectivity index (χ1n) is 8.10. The van der Waals surface area contributed by atoms with Crippen molar-refractivity contribution in [3.63, 3.8) is 0 Å². The predicted octanol–water partition coefficient (Wildman–Crippen LogP) is 2.16. The third-order valence-corrected chi connectivity index (χ3v) is 4.50. The van der Waals surface area contributed by atoms with Crippen molar-refractivity contribution in [3.8, 4) is 0 Å². The van der Waals surface area contributed by atoms with Gasteiger partial charge in [-0.3, -0.25) is 0 Å². The molecule has 1 atom stereocenters. The SMILES string of the molecule is Cc1cc(C)c2c(n1)nn1c(N3CCC[C@H](O)C3)cc(C)nc21. The van der Waals surface area contributed by atoms with Gasteiger partial charge in [0, 0.05) is 30.5 Å². The van der Waals surface area contributed by atoms with Crippen LogP contribution in [0.25, 0.3) is 16.7 Å². The first-order chi connectivity index (χ1) is 11.0. The van der Waals surface area contributed by atoms with Gasteiger partial charge in [-0.15, -0.1) is 5.10 Å². The summed E-state index contributed by atoms with van der Waals surface area (Å²) in [6, 6.07) is 4.11. The minimum atomic E-state index is -0.278. The Bertz CT molecular complexity index is 901. The lowest BCUT2D eigenvalue weighted by atomic mass is 10.1. The third-order valence-electron chi connectivity index (χ3n) is 4.50. The number of aliphatic hydroxyl groups excluding tert-OH is 1. The molecule has 3 aromatic heterocycles. The second kappa shape index (κ2) is 5.16. The van der Waals surface area contributed by atoms with Crippen molar-refractivity contribution < 1.29 is 5.11 Å². The Morgan fingerprint density at radius 3 is 2.70 bits per heavy atom. The molecule has 0 aliphatic carbocycles. The highest BCUT2D eigenvalue weighted by molar-refractivity contribution is 5.93. The maximum absolute atomic E-state index is 10.0. The number of piperidine rings is 1. The zero-order valence-corrected chi connectivity index (χ0v) is 13.7. The van der Waals surface area contributed by atoms with E-state index in [1.54, 1.807) is 0 Å². The summed E-state index contributed by atoms with van der Waals surface area (Å²) in [6.45, 7) is 7.63. The number of aliphatic hydroxyl groups is 1. The molecule has 0 amide bonds. The van der Waals surface area contributed by atoms with Gasteiger partial charge in [0.05, 0.1) is 11.5 Å². The first-order valence-corrected chi connectivity index (χ1v) is 8.10. The van der Waals surface area contributed by atoms with E-state index in [4.69, 9.17) is 10.1 Å². The minimum Gasteiger partial charge on any atom is -0.391 e. The van der Waals surface area contributed by atoms with Crippen molar-refractivity contribution in [2.24, 2.45) is 0 Å². The van der Waals surface area contributed by atoms with Gasteiger partial charge in [0.25, 0.3) is 0 Å². The largest absolute Gasteiger partial charge is 0.391 e. The summed E-state index contributed by atoms with van der Waals surface area (Å²) in [5.74, 6) is 0.987. The molecule has 1 saturated heterocycles. The topological polar surface area (TPSA) is 66.5 Å². The summed E-state index contributed by atoms with van der Waals surface area (Å²) in [7, 11) is 0. The Morgan fingerprint density at radius 2 is 1.91 bits per heavy atom. The summed E-state index contributed by atoms with van der Waals surface area (Å²) in [4.78, 5) is 11.5. The van der Waals surface area contributed by atoms with Crippen LogP contribution in [-0.2, 0) is 0 Å². The molecule has 120 valence electrons. The van der Waals surface area contributed by atoms with Gasteiger partial charge in [-0.25, -0.2) is 9.97 Å². The molecule has 1 aliphatic heterocycles. The van der Waals surface area contributed by atoms with Crippen molar-refractivity contribution in [1.82, 2.24) is 19.6 Å². The van der Waals surface area contributed by atoms with Gasteiger partial charge in [0.15, 0.2) is 11.3 Å². The number of β-amino-alcohol motifs (C(OH)–C–C–N with tert-alkyl or cyclic N) is 1. The van der Waals surface area contributed by atoms with Crippen LogP contribution in [0.3, 0.4) is 0 Å². The number of nitrogens with zero attached hydrogens (tertiary/aromatic N) is 5. The lowest BCUT2D eigenvalue weighted by Crippen LogP contribution is -2.39. The smallest absolute Gasteiger partial charge is 0.184 e. The zero-order chi connectivity index (χ0) is 16.1. The summed E-state index contributed by atoms with van der Waals surface area (Å²) >= 11 is 0. The number of fused-ring (bicyclic) bond motifs is 3. The van der Waals surface area contributed by atoms with Gasteiger partial charge < -0.3 is 10.0 Å². The molecule has 1 N–H and O–H groups in total. The number of rotatable bonds is 1. The molecule has 0 unspecified atom stereocenters. The van der Waals surface area contributed by atoms with E-state index in [-0.39, 0.29) is 6.10 Å². The number of hydrogen-bond acceptors (Lipinski definition) is 5. The fraction of sp³-hybridized carbons (Fsp3) is 0.471. The lowest BCUT2D eigenvalue weighted by Gasteiger charge is -2.31. The van der Waals surface area contributed by atoms with Crippen molar-refractivity contribution in [2.45, 2.75) is 39.7 Å². The van der Waals surface area contributed by atoms with Gasteiger partial charge in [0.2, 0.25) is 0 Å². The van der Waals surface area contributed by atoms with Gasteiger partial charge in [-0.2, -0.15) is 4.52 Å². The number of hydrogen-bond donors (Lipinski definition) is 1. The van der Waals surface area contributed by atoms with E-state index in [0.717, 1.165) is 58.8 Å². The number of aryl methyl sites for hydroxylation is 3. The Kier molecular flexibility index (Phi) is 3.23. The quantitative estimate of drug-likeness (QED) is 0.746. The van der Waals surface area contributed by atoms with E-state index < -0.39 is 0 Å². The van der Waals surface area contributed by atoms with Crippen molar-refractivity contribution in [1.29, 1.82) is 0 Å². The normalized spacial score (nSPS) is 19.0. The van der Waals surface area contributed by atoms with Crippen molar-refractivity contribution >= 4 is 22.5 Å². The molecule has 23 heavy (non-hydrogen) atoms. The maximum Gasteiger partial charge on any atom is 0.184 e. The molecule has 0 bridgehead atoms. The van der Waals surface area contributed by atoms with Gasteiger partial charge in [-0.1, -0.05) is 0 Å². The molecule has 6 nitrogen and oxygen atoms in total. The fourth-order valence-corrected chi connectivity index (χ4v) is 3.51. The first kappa shape index (κ1) is 14.4. The van der Waals surface area contributed by atoms with E-state index in [0.29, 0.717) is 6.54 Å². The van der Waals surface area contributed by atoms with E-state index in [1.165, 1.54) is 0 Å². The average Bonchev–Trinajstić information content (AvgIpc) is 2.84. The summed E-state index contributed by atoms with van der Waals surface area (Å²) in [6.07, 6.45) is 1.57. The Labute approximate surface area is 134 Å². The van der Waals surface area contributed by atoms with Crippen LogP contribution in [0.4, 0.5) is 5.82 Å². The van der Waals surface area contributed by atoms with Gasteiger partial charge >= 0.3 is 0 Å². The monoisotopic (exact) mass is 311 g/mol. The predicted molar refractivity (Wildman–Crippen MR) is 90.0 cm³/mol. The van der Waals surface area contributed by atoms with Crippen LogP contribution >= 0.6 is 0 Å². The minimum absolute atomic E-state index is 0.278. The molecule has 1 aliphatic rings. The lowest BCUT2D eigenvalue weighted by molar-refractivity contribution is 0.153. The van der Waals surface area contributed by atoms with Crippen LogP contribution in [0, 0.1) is 20.8 Å². The highest BCUT2D eigenvalue weighted by atomic mass is 16.3. The number of pyridine rings is 1. The molecule has 6 heteroatoms. The van der Waals surface area contributed by atoms with E-state index in [2.05, 4.69) is 22.9 Å². The van der Waals surface area contributed by atoms with E-state index in [1.807, 2.05) is 24.4 Å². The van der Waals surface area contributed by atoms with E-state index >= 15 is 0 Å². The molecule has 1 fully saturated rings. The van der Waals surface area contributed by atoms with Gasteiger partial charge in [-0.05, 0) is 45.2 Å². The van der Waals surface area contributed by atoms with Crippen LogP contribution in [0.15, 0.2) is 12.1 Å². The van der Waals surface area contributed by atoms with Crippen molar-refractivity contribution in [2.75, 3.05) is 18.0 Å². The molecule has 0 radical (unpaired) electrons. The van der Waals surface area contributed by atoms with Gasteiger partial charge in [0.1, 0.15) is 5.82 Å². The molecular formula is C17H21N5O. The molecular weight excluding hydrogens is 290 g/mol. The van der Waals surface area contributed by atoms with Crippen molar-refractivity contribution in [3.05, 3.63) is 29.1 Å². The molecule has 4 heterocycles. The summed E-state index contributed by atoms with van der Waals surface area (Å²) < 4.78 is 1.88. The fourth-order valence-electron chi connectivity index (χ4n) is 3.51. The number of aromatic nitrogens is 4. The van der Waals surface area contributed by atoms with Crippen LogP contribution in [-0.4, -0.2) is 43.9 Å². The maximum atomic E-state index is 10.0. The second-order valence-corrected chi connectivity index (χ2v) is 6.51. The molecule has 4 rings (SSSR count). The van der Waals surface area contributed by atoms with Crippen LogP contribution < -0.4 is 4.90 Å².